The summed E-state index contributed by atoms with van der Waals surface area (Å²) in [6.07, 6.45) is -0.386. The molecule has 3 rings (SSSR count). The van der Waals surface area contributed by atoms with Gasteiger partial charge >= 0.3 is 5.97 Å². The van der Waals surface area contributed by atoms with E-state index in [-0.39, 0.29) is 18.1 Å². The van der Waals surface area contributed by atoms with Gasteiger partial charge in [0.05, 0.1) is 25.3 Å². The Labute approximate surface area is 146 Å². The van der Waals surface area contributed by atoms with Crippen LogP contribution < -0.4 is 0 Å². The van der Waals surface area contributed by atoms with Gasteiger partial charge in [-0.25, -0.2) is 4.79 Å². The maximum atomic E-state index is 11.5. The maximum absolute atomic E-state index is 11.5. The molecule has 2 atom stereocenters. The Morgan fingerprint density at radius 1 is 1.36 bits per heavy atom. The number of benzene rings is 1. The molecule has 1 aliphatic rings. The molecule has 0 bridgehead atoms. The summed E-state index contributed by atoms with van der Waals surface area (Å²) in [5.41, 5.74) is 1.23. The summed E-state index contributed by atoms with van der Waals surface area (Å²) in [6, 6.07) is 6.93. The number of likely N-dealkylation sites (tertiary alicyclic amines) is 1. The number of aromatic nitrogens is 2. The Bertz CT molecular complexity index is 729. The first-order chi connectivity index (χ1) is 12.0. The van der Waals surface area contributed by atoms with Crippen LogP contribution in [0.5, 0.6) is 0 Å². The Kier molecular flexibility index (Phi) is 5.12. The van der Waals surface area contributed by atoms with Crippen molar-refractivity contribution >= 4 is 5.97 Å². The van der Waals surface area contributed by atoms with Crippen LogP contribution in [0.3, 0.4) is 0 Å². The maximum Gasteiger partial charge on any atom is 0.337 e. The Morgan fingerprint density at radius 2 is 2.08 bits per heavy atom. The van der Waals surface area contributed by atoms with Crippen molar-refractivity contribution in [1.29, 1.82) is 0 Å². The van der Waals surface area contributed by atoms with Gasteiger partial charge in [-0.3, -0.25) is 4.90 Å². The number of ether oxygens (including phenoxy) is 1. The lowest BCUT2D eigenvalue weighted by atomic mass is 10.1. The monoisotopic (exact) mass is 346 g/mol. The van der Waals surface area contributed by atoms with Crippen molar-refractivity contribution in [3.05, 3.63) is 35.7 Å². The quantitative estimate of drug-likeness (QED) is 0.788. The van der Waals surface area contributed by atoms with E-state index in [0.29, 0.717) is 30.4 Å². The fourth-order valence-electron chi connectivity index (χ4n) is 2.98. The predicted molar refractivity (Wildman–Crippen MR) is 89.8 cm³/mol. The first-order valence-electron chi connectivity index (χ1n) is 8.06. The van der Waals surface area contributed by atoms with Crippen LogP contribution in [0.1, 0.15) is 16.2 Å². The number of hydrogen-bond donors (Lipinski definition) is 1. The number of methoxy groups -OCH3 is 1. The van der Waals surface area contributed by atoms with Crippen LogP contribution in [0.15, 0.2) is 28.8 Å². The number of aliphatic hydroxyl groups is 1. The van der Waals surface area contributed by atoms with Gasteiger partial charge in [0.25, 0.3) is 0 Å². The molecule has 134 valence electrons. The molecule has 2 heterocycles. The molecule has 25 heavy (non-hydrogen) atoms. The Morgan fingerprint density at radius 3 is 2.68 bits per heavy atom. The molecule has 0 amide bonds. The van der Waals surface area contributed by atoms with Crippen LogP contribution >= 0.6 is 0 Å². The van der Waals surface area contributed by atoms with Crippen LogP contribution in [0.2, 0.25) is 0 Å². The third-order valence-corrected chi connectivity index (χ3v) is 4.39. The van der Waals surface area contributed by atoms with E-state index in [0.717, 1.165) is 12.1 Å². The molecule has 1 aromatic heterocycles. The minimum Gasteiger partial charge on any atom is -0.465 e. The number of aliphatic hydroxyl groups excluding tert-OH is 1. The number of nitrogens with zero attached hydrogens (tertiary/aromatic N) is 4. The van der Waals surface area contributed by atoms with E-state index in [1.165, 1.54) is 7.11 Å². The zero-order chi connectivity index (χ0) is 18.0. The van der Waals surface area contributed by atoms with Crippen LogP contribution in [0.4, 0.5) is 0 Å². The zero-order valence-electron chi connectivity index (χ0n) is 14.5. The topological polar surface area (TPSA) is 91.9 Å². The summed E-state index contributed by atoms with van der Waals surface area (Å²) in [7, 11) is 5.26. The van der Waals surface area contributed by atoms with Crippen molar-refractivity contribution in [2.24, 2.45) is 0 Å². The number of esters is 1. The first-order valence-corrected chi connectivity index (χ1v) is 8.06. The highest BCUT2D eigenvalue weighted by Gasteiger charge is 2.33. The van der Waals surface area contributed by atoms with E-state index in [1.807, 2.05) is 19.0 Å². The van der Waals surface area contributed by atoms with Crippen molar-refractivity contribution in [3.63, 3.8) is 0 Å². The summed E-state index contributed by atoms with van der Waals surface area (Å²) < 4.78 is 10.00. The standard InChI is InChI=1S/C17H22N4O4/c1-20(2)13-8-21(9-14(13)22)10-15-18-16(19-25-15)11-4-6-12(7-5-11)17(23)24-3/h4-7,13-14,22H,8-10H2,1-3H3/t13-,14-/m1/s1. The van der Waals surface area contributed by atoms with Crippen molar-refractivity contribution < 1.29 is 19.2 Å². The zero-order valence-corrected chi connectivity index (χ0v) is 14.5. The highest BCUT2D eigenvalue weighted by molar-refractivity contribution is 5.89. The Balaban J connectivity index is 1.66. The molecular formula is C17H22N4O4. The lowest BCUT2D eigenvalue weighted by molar-refractivity contribution is 0.0600. The Hall–Kier alpha value is -2.29. The number of carbonyl (C=O) groups is 1. The van der Waals surface area contributed by atoms with Gasteiger partial charge in [0.1, 0.15) is 0 Å². The highest BCUT2D eigenvalue weighted by atomic mass is 16.5. The lowest BCUT2D eigenvalue weighted by Crippen LogP contribution is -2.37. The molecule has 0 saturated carbocycles. The first kappa shape index (κ1) is 17.5. The second-order valence-electron chi connectivity index (χ2n) is 6.37. The molecular weight excluding hydrogens is 324 g/mol. The molecule has 1 saturated heterocycles. The molecule has 8 nitrogen and oxygen atoms in total. The highest BCUT2D eigenvalue weighted by Crippen LogP contribution is 2.20. The van der Waals surface area contributed by atoms with Crippen molar-refractivity contribution in [3.8, 4) is 11.4 Å². The third-order valence-electron chi connectivity index (χ3n) is 4.39. The van der Waals surface area contributed by atoms with Gasteiger partial charge in [-0.15, -0.1) is 0 Å². The molecule has 0 aliphatic carbocycles. The smallest absolute Gasteiger partial charge is 0.337 e. The van der Waals surface area contributed by atoms with E-state index >= 15 is 0 Å². The molecule has 8 heteroatoms. The van der Waals surface area contributed by atoms with Crippen LogP contribution in [-0.2, 0) is 11.3 Å². The van der Waals surface area contributed by atoms with Crippen LogP contribution in [0, 0.1) is 0 Å². The normalized spacial score (nSPS) is 21.0. The van der Waals surface area contributed by atoms with Crippen molar-refractivity contribution in [1.82, 2.24) is 19.9 Å². The molecule has 0 spiro atoms. The minimum absolute atomic E-state index is 0.105. The van der Waals surface area contributed by atoms with Gasteiger partial charge in [0.15, 0.2) is 0 Å². The van der Waals surface area contributed by atoms with Gasteiger partial charge in [-0.05, 0) is 26.2 Å². The van der Waals surface area contributed by atoms with E-state index in [1.54, 1.807) is 24.3 Å². The van der Waals surface area contributed by atoms with Gasteiger partial charge in [-0.2, -0.15) is 4.98 Å². The summed E-state index contributed by atoms with van der Waals surface area (Å²) in [5, 5.41) is 14.1. The second kappa shape index (κ2) is 7.30. The van der Waals surface area contributed by atoms with Gasteiger partial charge in [0, 0.05) is 24.7 Å². The van der Waals surface area contributed by atoms with Crippen molar-refractivity contribution in [2.45, 2.75) is 18.7 Å². The fraction of sp³-hybridized carbons (Fsp3) is 0.471. The number of rotatable bonds is 5. The molecule has 1 fully saturated rings. The SMILES string of the molecule is COC(=O)c1ccc(-c2noc(CN3C[C@@H](O)[C@H](N(C)C)C3)n2)cc1. The van der Waals surface area contributed by atoms with Gasteiger partial charge in [0.2, 0.25) is 11.7 Å². The van der Waals surface area contributed by atoms with Crippen LogP contribution in [0.25, 0.3) is 11.4 Å². The predicted octanol–water partition coefficient (Wildman–Crippen LogP) is 0.630. The molecule has 1 aliphatic heterocycles. The molecule has 1 aromatic carbocycles. The molecule has 1 N–H and O–H groups in total. The van der Waals surface area contributed by atoms with Crippen LogP contribution in [-0.4, -0.2) is 77.5 Å². The number of hydrogen-bond acceptors (Lipinski definition) is 8. The number of carbonyl (C=O) groups excluding carboxylic acids is 1. The molecule has 0 radical (unpaired) electrons. The minimum atomic E-state index is -0.386. The van der Waals surface area contributed by atoms with Crippen molar-refractivity contribution in [2.75, 3.05) is 34.3 Å². The van der Waals surface area contributed by atoms with Gasteiger partial charge < -0.3 is 19.3 Å². The average molecular weight is 346 g/mol. The van der Waals surface area contributed by atoms with E-state index in [2.05, 4.69) is 19.8 Å². The third kappa shape index (κ3) is 3.87. The molecule has 0 unspecified atom stereocenters. The summed E-state index contributed by atoms with van der Waals surface area (Å²) in [4.78, 5) is 20.0. The second-order valence-corrected chi connectivity index (χ2v) is 6.37. The van der Waals surface area contributed by atoms with E-state index in [9.17, 15) is 9.90 Å². The number of β-amino-alcohol motifs (C(OH)–C–C–N with tert-alkyl or cyclic N) is 1. The summed E-state index contributed by atoms with van der Waals surface area (Å²) in [5.74, 6) is 0.581. The summed E-state index contributed by atoms with van der Waals surface area (Å²) in [6.45, 7) is 1.82. The van der Waals surface area contributed by atoms with E-state index in [4.69, 9.17) is 4.52 Å². The number of likely N-dealkylation sites (N-methyl/N-ethyl adjacent to an activating group) is 1. The van der Waals surface area contributed by atoms with E-state index < -0.39 is 0 Å². The summed E-state index contributed by atoms with van der Waals surface area (Å²) >= 11 is 0. The lowest BCUT2D eigenvalue weighted by Gasteiger charge is -2.21. The fourth-order valence-corrected chi connectivity index (χ4v) is 2.98. The molecule has 2 aromatic rings. The van der Waals surface area contributed by atoms with Gasteiger partial charge in [-0.1, -0.05) is 17.3 Å². The average Bonchev–Trinajstić information content (AvgIpc) is 3.21. The largest absolute Gasteiger partial charge is 0.465 e.